The molecule has 15 heavy (non-hydrogen) atoms. The molecule has 0 fully saturated rings. The first-order valence-corrected chi connectivity index (χ1v) is 6.29. The number of thiophene rings is 1. The van der Waals surface area contributed by atoms with Gasteiger partial charge >= 0.3 is 0 Å². The van der Waals surface area contributed by atoms with Crippen LogP contribution in [-0.2, 0) is 6.42 Å². The molecule has 0 spiro atoms. The van der Waals surface area contributed by atoms with Crippen molar-refractivity contribution in [1.82, 2.24) is 4.98 Å². The molecular weight excluding hydrogens is 274 g/mol. The third-order valence-electron chi connectivity index (χ3n) is 2.15. The first kappa shape index (κ1) is 10.8. The van der Waals surface area contributed by atoms with Gasteiger partial charge in [-0.05, 0) is 32.9 Å². The second-order valence-electron chi connectivity index (χ2n) is 3.26. The van der Waals surface area contributed by atoms with Crippen LogP contribution in [0.3, 0.4) is 0 Å². The van der Waals surface area contributed by atoms with Crippen molar-refractivity contribution in [2.45, 2.75) is 12.5 Å². The van der Waals surface area contributed by atoms with Gasteiger partial charge in [0.25, 0.3) is 0 Å². The summed E-state index contributed by atoms with van der Waals surface area (Å²) in [6.07, 6.45) is 3.65. The maximum atomic E-state index is 9.99. The number of hydrogen-bond donors (Lipinski definition) is 1. The summed E-state index contributed by atoms with van der Waals surface area (Å²) in [6, 6.07) is 3.85. The first-order valence-electron chi connectivity index (χ1n) is 4.56. The van der Waals surface area contributed by atoms with Gasteiger partial charge in [0.15, 0.2) is 0 Å². The van der Waals surface area contributed by atoms with Gasteiger partial charge in [0.1, 0.15) is 0 Å². The normalized spacial score (nSPS) is 12.7. The Morgan fingerprint density at radius 1 is 1.47 bits per heavy atom. The second-order valence-corrected chi connectivity index (χ2v) is 4.85. The van der Waals surface area contributed by atoms with E-state index in [2.05, 4.69) is 20.9 Å². The minimum atomic E-state index is -0.463. The standard InChI is InChI=1S/C11H10BrNOS/c12-10-7-15-6-9(10)11(14)4-8-2-1-3-13-5-8/h1-3,5-7,11,14H,4H2. The summed E-state index contributed by atoms with van der Waals surface area (Å²) >= 11 is 5.00. The van der Waals surface area contributed by atoms with E-state index in [0.29, 0.717) is 6.42 Å². The van der Waals surface area contributed by atoms with Crippen LogP contribution < -0.4 is 0 Å². The highest BCUT2D eigenvalue weighted by Gasteiger charge is 2.12. The zero-order valence-corrected chi connectivity index (χ0v) is 10.3. The maximum absolute atomic E-state index is 9.99. The zero-order valence-electron chi connectivity index (χ0n) is 7.93. The van der Waals surface area contributed by atoms with Crippen LogP contribution in [0.2, 0.25) is 0 Å². The molecule has 2 aromatic rings. The van der Waals surface area contributed by atoms with Crippen LogP contribution in [0.1, 0.15) is 17.2 Å². The summed E-state index contributed by atoms with van der Waals surface area (Å²) in [5.74, 6) is 0. The third-order valence-corrected chi connectivity index (χ3v) is 3.90. The topological polar surface area (TPSA) is 33.1 Å². The average Bonchev–Trinajstić information content (AvgIpc) is 2.66. The van der Waals surface area contributed by atoms with Crippen molar-refractivity contribution >= 4 is 27.3 Å². The van der Waals surface area contributed by atoms with Crippen molar-refractivity contribution in [3.63, 3.8) is 0 Å². The van der Waals surface area contributed by atoms with E-state index in [1.165, 1.54) is 0 Å². The summed E-state index contributed by atoms with van der Waals surface area (Å²) in [6.45, 7) is 0. The first-order chi connectivity index (χ1) is 7.27. The van der Waals surface area contributed by atoms with Gasteiger partial charge in [-0.2, -0.15) is 11.3 Å². The fourth-order valence-corrected chi connectivity index (χ4v) is 2.99. The van der Waals surface area contributed by atoms with Crippen molar-refractivity contribution in [3.8, 4) is 0 Å². The molecule has 0 saturated heterocycles. The number of rotatable bonds is 3. The van der Waals surface area contributed by atoms with Gasteiger partial charge in [-0.3, -0.25) is 4.98 Å². The van der Waals surface area contributed by atoms with E-state index < -0.39 is 6.10 Å². The Morgan fingerprint density at radius 2 is 2.33 bits per heavy atom. The van der Waals surface area contributed by atoms with E-state index >= 15 is 0 Å². The van der Waals surface area contributed by atoms with Crippen molar-refractivity contribution in [2.75, 3.05) is 0 Å². The molecule has 0 bridgehead atoms. The van der Waals surface area contributed by atoms with Crippen LogP contribution in [0.15, 0.2) is 39.8 Å². The van der Waals surface area contributed by atoms with Crippen LogP contribution in [-0.4, -0.2) is 10.1 Å². The smallest absolute Gasteiger partial charge is 0.0849 e. The van der Waals surface area contributed by atoms with Crippen molar-refractivity contribution in [1.29, 1.82) is 0 Å². The summed E-state index contributed by atoms with van der Waals surface area (Å²) < 4.78 is 0.976. The Morgan fingerprint density at radius 3 is 2.93 bits per heavy atom. The summed E-state index contributed by atoms with van der Waals surface area (Å²) in [4.78, 5) is 4.02. The Hall–Kier alpha value is -0.710. The van der Waals surface area contributed by atoms with Crippen LogP contribution in [0.4, 0.5) is 0 Å². The monoisotopic (exact) mass is 283 g/mol. The molecule has 4 heteroatoms. The van der Waals surface area contributed by atoms with Gasteiger partial charge in [0, 0.05) is 34.2 Å². The average molecular weight is 284 g/mol. The maximum Gasteiger partial charge on any atom is 0.0849 e. The molecule has 2 rings (SSSR count). The summed E-state index contributed by atoms with van der Waals surface area (Å²) in [5.41, 5.74) is 1.99. The van der Waals surface area contributed by atoms with Crippen LogP contribution >= 0.6 is 27.3 Å². The lowest BCUT2D eigenvalue weighted by Gasteiger charge is -2.09. The zero-order chi connectivity index (χ0) is 10.7. The van der Waals surface area contributed by atoms with Gasteiger partial charge in [-0.1, -0.05) is 6.07 Å². The predicted molar refractivity (Wildman–Crippen MR) is 64.9 cm³/mol. The fourth-order valence-electron chi connectivity index (χ4n) is 1.38. The lowest BCUT2D eigenvalue weighted by Crippen LogP contribution is -2.01. The van der Waals surface area contributed by atoms with Crippen molar-refractivity contribution in [2.24, 2.45) is 0 Å². The molecule has 0 saturated carbocycles. The van der Waals surface area contributed by atoms with E-state index in [0.717, 1.165) is 15.6 Å². The Bertz CT molecular complexity index is 429. The highest BCUT2D eigenvalue weighted by molar-refractivity contribution is 9.10. The highest BCUT2D eigenvalue weighted by Crippen LogP contribution is 2.29. The number of aliphatic hydroxyl groups excluding tert-OH is 1. The minimum Gasteiger partial charge on any atom is -0.388 e. The van der Waals surface area contributed by atoms with E-state index in [4.69, 9.17) is 0 Å². The lowest BCUT2D eigenvalue weighted by atomic mass is 10.1. The SMILES string of the molecule is OC(Cc1cccnc1)c1cscc1Br. The molecule has 2 heterocycles. The Kier molecular flexibility index (Phi) is 3.51. The fraction of sp³-hybridized carbons (Fsp3) is 0.182. The second kappa shape index (κ2) is 4.88. The molecule has 0 aromatic carbocycles. The molecule has 0 aliphatic carbocycles. The third kappa shape index (κ3) is 2.65. The molecule has 0 amide bonds. The summed E-state index contributed by atoms with van der Waals surface area (Å²) in [5, 5.41) is 13.9. The molecule has 78 valence electrons. The molecule has 2 aromatic heterocycles. The molecular formula is C11H10BrNOS. The van der Waals surface area contributed by atoms with Gasteiger partial charge in [0.2, 0.25) is 0 Å². The minimum absolute atomic E-state index is 0.463. The van der Waals surface area contributed by atoms with Gasteiger partial charge in [-0.25, -0.2) is 0 Å². The van der Waals surface area contributed by atoms with Crippen molar-refractivity contribution in [3.05, 3.63) is 50.9 Å². The molecule has 1 N–H and O–H groups in total. The molecule has 1 atom stereocenters. The molecule has 2 nitrogen and oxygen atoms in total. The number of pyridine rings is 1. The molecule has 0 radical (unpaired) electrons. The molecule has 1 unspecified atom stereocenters. The Balaban J connectivity index is 2.11. The number of hydrogen-bond acceptors (Lipinski definition) is 3. The van der Waals surface area contributed by atoms with Gasteiger partial charge in [-0.15, -0.1) is 0 Å². The number of halogens is 1. The predicted octanol–water partition coefficient (Wildman–Crippen LogP) is 3.18. The molecule has 0 aliphatic rings. The lowest BCUT2D eigenvalue weighted by molar-refractivity contribution is 0.178. The summed E-state index contributed by atoms with van der Waals surface area (Å²) in [7, 11) is 0. The quantitative estimate of drug-likeness (QED) is 0.939. The van der Waals surface area contributed by atoms with Gasteiger partial charge < -0.3 is 5.11 Å². The van der Waals surface area contributed by atoms with Gasteiger partial charge in [0.05, 0.1) is 6.10 Å². The van der Waals surface area contributed by atoms with E-state index in [-0.39, 0.29) is 0 Å². The van der Waals surface area contributed by atoms with Crippen LogP contribution in [0, 0.1) is 0 Å². The van der Waals surface area contributed by atoms with E-state index in [9.17, 15) is 5.11 Å². The van der Waals surface area contributed by atoms with Crippen molar-refractivity contribution < 1.29 is 5.11 Å². The highest BCUT2D eigenvalue weighted by atomic mass is 79.9. The molecule has 0 aliphatic heterocycles. The largest absolute Gasteiger partial charge is 0.388 e. The van der Waals surface area contributed by atoms with Crippen LogP contribution in [0.5, 0.6) is 0 Å². The number of aromatic nitrogens is 1. The number of nitrogens with zero attached hydrogens (tertiary/aromatic N) is 1. The number of aliphatic hydroxyl groups is 1. The van der Waals surface area contributed by atoms with E-state index in [1.807, 2.05) is 22.9 Å². The van der Waals surface area contributed by atoms with E-state index in [1.54, 1.807) is 23.7 Å². The Labute approximate surface area is 101 Å². The van der Waals surface area contributed by atoms with Crippen LogP contribution in [0.25, 0.3) is 0 Å².